The molecule has 12 nitrogen and oxygen atoms in total. The van der Waals surface area contributed by atoms with Crippen LogP contribution in [0.5, 0.6) is 0 Å². The van der Waals surface area contributed by atoms with E-state index in [-0.39, 0.29) is 6.17 Å². The molecule has 2 N–H and O–H groups in total. The first-order valence-corrected chi connectivity index (χ1v) is 25.1. The van der Waals surface area contributed by atoms with Gasteiger partial charge in [0.05, 0.1) is 57.2 Å². The maximum absolute atomic E-state index is 5.13. The Balaban J connectivity index is 0.951. The van der Waals surface area contributed by atoms with Gasteiger partial charge >= 0.3 is 0 Å². The van der Waals surface area contributed by atoms with Gasteiger partial charge in [-0.3, -0.25) is 0 Å². The summed E-state index contributed by atoms with van der Waals surface area (Å²) in [6, 6.07) is 63.8. The van der Waals surface area contributed by atoms with Crippen LogP contribution >= 0.6 is 0 Å². The molecule has 0 aliphatic heterocycles. The summed E-state index contributed by atoms with van der Waals surface area (Å²) in [5.41, 5.74) is 13.7. The molecule has 4 aromatic heterocycles. The second kappa shape index (κ2) is 19.8. The standard InChI is InChI=1S/C60H54N12/c1-2-3-4-5-6-7-14-27-60(69-56-25-17-15-23-48(56)50-36-42(28-34-58(50)69)40-61-71(44-19-10-8-11-20-44)46-30-32-52-54(38-46)65-67-63-52)70-57-26-18-16-24-49(57)51-37-43(29-35-59(51)70)41-62-72(45-21-12-9-13-22-45)47-31-33-53-55(39-47)66-68-64-53/h8-13,15-26,28-41,60H,2-7,14,27H2,1H3,(H,63,65,67)(H,64,66,68). The van der Waals surface area contributed by atoms with Gasteiger partial charge in [-0.15, -0.1) is 0 Å². The average Bonchev–Trinajstić information content (AvgIpc) is 4.24. The number of nitrogens with zero attached hydrogens (tertiary/aromatic N) is 10. The fourth-order valence-electron chi connectivity index (χ4n) is 10.4. The molecule has 4 heterocycles. The number of H-pyrrole nitrogens is 2. The molecule has 0 unspecified atom stereocenters. The van der Waals surface area contributed by atoms with Crippen molar-refractivity contribution in [2.45, 2.75) is 64.5 Å². The summed E-state index contributed by atoms with van der Waals surface area (Å²) in [6.07, 6.45) is 13.6. The van der Waals surface area contributed by atoms with E-state index in [1.807, 2.05) is 95.2 Å². The molecule has 0 saturated carbocycles. The summed E-state index contributed by atoms with van der Waals surface area (Å²) in [4.78, 5) is 0. The van der Waals surface area contributed by atoms with Crippen LogP contribution in [0.1, 0.15) is 75.6 Å². The number of hydrazone groups is 2. The van der Waals surface area contributed by atoms with Gasteiger partial charge in [-0.05, 0) is 121 Å². The summed E-state index contributed by atoms with van der Waals surface area (Å²) in [6.45, 7) is 2.29. The highest BCUT2D eigenvalue weighted by molar-refractivity contribution is 6.11. The minimum absolute atomic E-state index is 0.00971. The van der Waals surface area contributed by atoms with E-state index in [1.165, 1.54) is 82.1 Å². The first-order chi connectivity index (χ1) is 35.7. The molecule has 0 bridgehead atoms. The third-order valence-electron chi connectivity index (χ3n) is 13.9. The number of hydrogen-bond acceptors (Lipinski definition) is 8. The van der Waals surface area contributed by atoms with E-state index < -0.39 is 0 Å². The van der Waals surface area contributed by atoms with Crippen molar-refractivity contribution >= 4 is 101 Å². The molecule has 354 valence electrons. The van der Waals surface area contributed by atoms with Crippen molar-refractivity contribution in [2.75, 3.05) is 10.0 Å². The molecule has 0 fully saturated rings. The summed E-state index contributed by atoms with van der Waals surface area (Å²) < 4.78 is 5.22. The van der Waals surface area contributed by atoms with Crippen LogP contribution < -0.4 is 10.0 Å². The SMILES string of the molecule is CCCCCCCCCC(n1c2ccccc2c2cc(C=NN(c3ccccc3)c3ccc4n[nH]nc4c3)ccc21)n1c2ccccc2c2cc(C=NN(c3ccccc3)c3ccc4n[nH]nc4c3)ccc21. The molecule has 0 atom stereocenters. The molecule has 0 amide bonds. The van der Waals surface area contributed by atoms with Gasteiger partial charge in [-0.1, -0.05) is 130 Å². The summed E-state index contributed by atoms with van der Waals surface area (Å²) >= 11 is 0. The van der Waals surface area contributed by atoms with Crippen molar-refractivity contribution in [3.63, 3.8) is 0 Å². The van der Waals surface area contributed by atoms with Gasteiger partial charge in [0, 0.05) is 21.5 Å². The number of aromatic amines is 2. The molecule has 12 aromatic rings. The Morgan fingerprint density at radius 1 is 0.417 bits per heavy atom. The lowest BCUT2D eigenvalue weighted by molar-refractivity contribution is 0.418. The van der Waals surface area contributed by atoms with Gasteiger partial charge in [0.25, 0.3) is 0 Å². The van der Waals surface area contributed by atoms with Gasteiger partial charge in [0.2, 0.25) is 0 Å². The molecule has 12 rings (SSSR count). The quantitative estimate of drug-likeness (QED) is 0.0501. The largest absolute Gasteiger partial charge is 0.319 e. The average molecular weight is 943 g/mol. The fourth-order valence-corrected chi connectivity index (χ4v) is 10.4. The van der Waals surface area contributed by atoms with E-state index in [9.17, 15) is 0 Å². The minimum atomic E-state index is -0.00971. The first kappa shape index (κ1) is 44.3. The molecular weight excluding hydrogens is 889 g/mol. The lowest BCUT2D eigenvalue weighted by Gasteiger charge is -2.26. The van der Waals surface area contributed by atoms with Crippen LogP contribution in [0, 0.1) is 0 Å². The second-order valence-corrected chi connectivity index (χ2v) is 18.5. The number of rotatable bonds is 18. The number of fused-ring (bicyclic) bond motifs is 8. The molecule has 0 spiro atoms. The molecular formula is C60H54N12. The Morgan fingerprint density at radius 2 is 0.847 bits per heavy atom. The van der Waals surface area contributed by atoms with Gasteiger partial charge in [0.15, 0.2) is 0 Å². The maximum atomic E-state index is 5.13. The van der Waals surface area contributed by atoms with Crippen LogP contribution in [0.25, 0.3) is 65.7 Å². The molecule has 0 radical (unpaired) electrons. The van der Waals surface area contributed by atoms with Crippen LogP contribution in [0.2, 0.25) is 0 Å². The monoisotopic (exact) mass is 942 g/mol. The highest BCUT2D eigenvalue weighted by Gasteiger charge is 2.24. The van der Waals surface area contributed by atoms with Crippen LogP contribution in [-0.2, 0) is 0 Å². The van der Waals surface area contributed by atoms with Crippen LogP contribution in [0.4, 0.5) is 22.7 Å². The maximum Gasteiger partial charge on any atom is 0.115 e. The molecule has 8 aromatic carbocycles. The number of benzene rings is 8. The second-order valence-electron chi connectivity index (χ2n) is 18.5. The predicted molar refractivity (Wildman–Crippen MR) is 296 cm³/mol. The van der Waals surface area contributed by atoms with E-state index in [0.717, 1.165) is 68.8 Å². The predicted octanol–water partition coefficient (Wildman–Crippen LogP) is 15.0. The molecule has 0 saturated heterocycles. The molecule has 0 aliphatic rings. The molecule has 12 heteroatoms. The zero-order valence-electron chi connectivity index (χ0n) is 40.2. The zero-order chi connectivity index (χ0) is 48.2. The number of hydrogen-bond donors (Lipinski definition) is 2. The van der Waals surface area contributed by atoms with Gasteiger partial charge in [0.1, 0.15) is 28.2 Å². The smallest absolute Gasteiger partial charge is 0.115 e. The number of unbranched alkanes of at least 4 members (excludes halogenated alkanes) is 6. The lowest BCUT2D eigenvalue weighted by atomic mass is 10.1. The fraction of sp³-hybridized carbons (Fsp3) is 0.167. The Hall–Kier alpha value is -8.90. The van der Waals surface area contributed by atoms with Crippen molar-refractivity contribution < 1.29 is 0 Å². The minimum Gasteiger partial charge on any atom is -0.319 e. The van der Waals surface area contributed by atoms with Crippen molar-refractivity contribution in [1.82, 2.24) is 40.0 Å². The van der Waals surface area contributed by atoms with Crippen molar-refractivity contribution in [2.24, 2.45) is 10.2 Å². The van der Waals surface area contributed by atoms with Crippen LogP contribution in [0.15, 0.2) is 192 Å². The number of anilines is 4. The Labute approximate surface area is 416 Å². The zero-order valence-corrected chi connectivity index (χ0v) is 40.2. The summed E-state index contributed by atoms with van der Waals surface area (Å²) in [5.74, 6) is 0. The van der Waals surface area contributed by atoms with Gasteiger partial charge in [-0.2, -0.15) is 41.0 Å². The highest BCUT2D eigenvalue weighted by Crippen LogP contribution is 2.40. The van der Waals surface area contributed by atoms with Gasteiger partial charge in [-0.25, -0.2) is 10.0 Å². The molecule has 0 aliphatic carbocycles. The van der Waals surface area contributed by atoms with E-state index in [1.54, 1.807) is 0 Å². The van der Waals surface area contributed by atoms with E-state index >= 15 is 0 Å². The summed E-state index contributed by atoms with van der Waals surface area (Å²) in [5, 5.41) is 41.7. The van der Waals surface area contributed by atoms with E-state index in [2.05, 4.69) is 156 Å². The molecule has 72 heavy (non-hydrogen) atoms. The Kier molecular flexibility index (Phi) is 12.2. The van der Waals surface area contributed by atoms with Crippen LogP contribution in [-0.4, -0.2) is 52.4 Å². The number of aromatic nitrogens is 8. The third kappa shape index (κ3) is 8.61. The normalized spacial score (nSPS) is 12.5. The van der Waals surface area contributed by atoms with E-state index in [0.29, 0.717) is 0 Å². The highest BCUT2D eigenvalue weighted by atomic mass is 15.5. The van der Waals surface area contributed by atoms with Crippen LogP contribution in [0.3, 0.4) is 0 Å². The third-order valence-corrected chi connectivity index (χ3v) is 13.9. The van der Waals surface area contributed by atoms with Crippen molar-refractivity contribution in [3.05, 3.63) is 193 Å². The summed E-state index contributed by atoms with van der Waals surface area (Å²) in [7, 11) is 0. The van der Waals surface area contributed by atoms with Crippen molar-refractivity contribution in [1.29, 1.82) is 0 Å². The van der Waals surface area contributed by atoms with E-state index in [4.69, 9.17) is 10.2 Å². The topological polar surface area (TPSA) is 124 Å². The lowest BCUT2D eigenvalue weighted by Crippen LogP contribution is -2.18. The number of para-hydroxylation sites is 4. The Morgan fingerprint density at radius 3 is 1.35 bits per heavy atom. The number of nitrogens with one attached hydrogen (secondary N) is 2. The Bertz CT molecular complexity index is 3640. The van der Waals surface area contributed by atoms with Gasteiger partial charge < -0.3 is 9.13 Å². The first-order valence-electron chi connectivity index (χ1n) is 25.1. The van der Waals surface area contributed by atoms with Crippen molar-refractivity contribution in [3.8, 4) is 0 Å².